The lowest BCUT2D eigenvalue weighted by Gasteiger charge is -2.31. The number of anilines is 1. The van der Waals surface area contributed by atoms with E-state index in [-0.39, 0.29) is 0 Å². The number of aryl methyl sites for hydroxylation is 2. The molecule has 1 aliphatic rings. The van der Waals surface area contributed by atoms with Crippen LogP contribution in [0.4, 0.5) is 5.69 Å². The second-order valence-corrected chi connectivity index (χ2v) is 5.29. The maximum absolute atomic E-state index is 2.49. The molecule has 0 aromatic heterocycles. The van der Waals surface area contributed by atoms with Crippen LogP contribution in [-0.4, -0.2) is 6.54 Å². The molecule has 2 aromatic rings. The fraction of sp³-hybridized carbons (Fsp3) is 0.294. The van der Waals surface area contributed by atoms with Crippen LogP contribution in [0.15, 0.2) is 42.5 Å². The minimum atomic E-state index is 1.04. The summed E-state index contributed by atoms with van der Waals surface area (Å²) in [7, 11) is 0. The Balaban J connectivity index is 1.91. The molecular formula is C17H19N. The van der Waals surface area contributed by atoms with Crippen molar-refractivity contribution in [1.29, 1.82) is 0 Å². The molecule has 0 saturated heterocycles. The minimum absolute atomic E-state index is 1.04. The van der Waals surface area contributed by atoms with Crippen LogP contribution >= 0.6 is 0 Å². The molecule has 0 fully saturated rings. The Morgan fingerprint density at radius 1 is 0.889 bits per heavy atom. The van der Waals surface area contributed by atoms with Gasteiger partial charge in [-0.15, -0.1) is 0 Å². The summed E-state index contributed by atoms with van der Waals surface area (Å²) >= 11 is 0. The Hall–Kier alpha value is -1.76. The molecule has 1 aliphatic heterocycles. The Labute approximate surface area is 109 Å². The molecule has 92 valence electrons. The number of fused-ring (bicyclic) bond motifs is 1. The van der Waals surface area contributed by atoms with Crippen LogP contribution in [0.2, 0.25) is 0 Å². The Morgan fingerprint density at radius 2 is 1.56 bits per heavy atom. The lowest BCUT2D eigenvalue weighted by Crippen LogP contribution is -2.30. The number of hydrogen-bond donors (Lipinski definition) is 0. The first-order valence-corrected chi connectivity index (χ1v) is 6.62. The van der Waals surface area contributed by atoms with Gasteiger partial charge in [-0.05, 0) is 54.7 Å². The van der Waals surface area contributed by atoms with Crippen molar-refractivity contribution in [3.05, 3.63) is 64.7 Å². The highest BCUT2D eigenvalue weighted by molar-refractivity contribution is 5.53. The van der Waals surface area contributed by atoms with Crippen LogP contribution in [0, 0.1) is 13.8 Å². The molecule has 0 aliphatic carbocycles. The maximum Gasteiger partial charge on any atom is 0.0432 e. The lowest BCUT2D eigenvalue weighted by atomic mass is 9.99. The van der Waals surface area contributed by atoms with Crippen molar-refractivity contribution in [2.45, 2.75) is 26.8 Å². The predicted molar refractivity (Wildman–Crippen MR) is 77.1 cm³/mol. The number of nitrogens with zero attached hydrogens (tertiary/aromatic N) is 1. The molecule has 0 amide bonds. The predicted octanol–water partition coefficient (Wildman–Crippen LogP) is 3.87. The molecule has 3 rings (SSSR count). The molecular weight excluding hydrogens is 218 g/mol. The van der Waals surface area contributed by atoms with Gasteiger partial charge in [-0.2, -0.15) is 0 Å². The van der Waals surface area contributed by atoms with Gasteiger partial charge in [0.15, 0.2) is 0 Å². The van der Waals surface area contributed by atoms with Gasteiger partial charge in [0.1, 0.15) is 0 Å². The zero-order chi connectivity index (χ0) is 12.5. The maximum atomic E-state index is 2.49. The van der Waals surface area contributed by atoms with E-state index in [0.29, 0.717) is 0 Å². The topological polar surface area (TPSA) is 3.24 Å². The average molecular weight is 237 g/mol. The summed E-state index contributed by atoms with van der Waals surface area (Å²) in [6.45, 7) is 6.52. The van der Waals surface area contributed by atoms with Crippen molar-refractivity contribution in [1.82, 2.24) is 0 Å². The smallest absolute Gasteiger partial charge is 0.0432 e. The third kappa shape index (κ3) is 2.13. The summed E-state index contributed by atoms with van der Waals surface area (Å²) in [5, 5.41) is 0. The zero-order valence-electron chi connectivity index (χ0n) is 11.1. The monoisotopic (exact) mass is 237 g/mol. The van der Waals surface area contributed by atoms with Gasteiger partial charge in [-0.1, -0.05) is 30.3 Å². The summed E-state index contributed by atoms with van der Waals surface area (Å²) in [5.41, 5.74) is 7.05. The summed E-state index contributed by atoms with van der Waals surface area (Å²) in [4.78, 5) is 2.49. The molecule has 2 aromatic carbocycles. The third-order valence-electron chi connectivity index (χ3n) is 3.70. The highest BCUT2D eigenvalue weighted by atomic mass is 15.1. The largest absolute Gasteiger partial charge is 0.367 e. The van der Waals surface area contributed by atoms with Crippen molar-refractivity contribution < 1.29 is 0 Å². The molecule has 0 spiro atoms. The standard InChI is InChI=1S/C17H19N/c1-13-9-14(2)11-17(10-13)18-8-7-15-5-3-4-6-16(15)12-18/h3-6,9-11H,7-8,12H2,1-2H3. The molecule has 0 bridgehead atoms. The fourth-order valence-corrected chi connectivity index (χ4v) is 2.85. The number of hydrogen-bond acceptors (Lipinski definition) is 1. The lowest BCUT2D eigenvalue weighted by molar-refractivity contribution is 0.731. The van der Waals surface area contributed by atoms with Gasteiger partial charge in [0, 0.05) is 18.8 Å². The highest BCUT2D eigenvalue weighted by Gasteiger charge is 2.16. The number of rotatable bonds is 1. The summed E-state index contributed by atoms with van der Waals surface area (Å²) in [6.07, 6.45) is 1.16. The van der Waals surface area contributed by atoms with Crippen LogP contribution in [0.3, 0.4) is 0 Å². The van der Waals surface area contributed by atoms with E-state index < -0.39 is 0 Å². The minimum Gasteiger partial charge on any atom is -0.367 e. The Bertz CT molecular complexity index is 551. The quantitative estimate of drug-likeness (QED) is 0.728. The SMILES string of the molecule is Cc1cc(C)cc(N2CCc3ccccc3C2)c1. The molecule has 0 radical (unpaired) electrons. The van der Waals surface area contributed by atoms with E-state index in [9.17, 15) is 0 Å². The van der Waals surface area contributed by atoms with Gasteiger partial charge in [-0.3, -0.25) is 0 Å². The Morgan fingerprint density at radius 3 is 2.28 bits per heavy atom. The third-order valence-corrected chi connectivity index (χ3v) is 3.70. The van der Waals surface area contributed by atoms with Crippen LogP contribution in [0.1, 0.15) is 22.3 Å². The van der Waals surface area contributed by atoms with Crippen LogP contribution in [0.5, 0.6) is 0 Å². The van der Waals surface area contributed by atoms with E-state index in [1.54, 1.807) is 0 Å². The molecule has 0 unspecified atom stereocenters. The average Bonchev–Trinajstić information content (AvgIpc) is 2.37. The molecule has 1 heterocycles. The highest BCUT2D eigenvalue weighted by Crippen LogP contribution is 2.25. The zero-order valence-corrected chi connectivity index (χ0v) is 11.1. The van der Waals surface area contributed by atoms with Crippen LogP contribution in [-0.2, 0) is 13.0 Å². The Kier molecular flexibility index (Phi) is 2.83. The summed E-state index contributed by atoms with van der Waals surface area (Å²) in [5.74, 6) is 0. The molecule has 0 saturated carbocycles. The molecule has 0 N–H and O–H groups in total. The van der Waals surface area contributed by atoms with E-state index in [1.807, 2.05) is 0 Å². The van der Waals surface area contributed by atoms with Crippen molar-refractivity contribution in [2.24, 2.45) is 0 Å². The van der Waals surface area contributed by atoms with Gasteiger partial charge >= 0.3 is 0 Å². The second kappa shape index (κ2) is 4.49. The van der Waals surface area contributed by atoms with Gasteiger partial charge < -0.3 is 4.90 Å². The first kappa shape index (κ1) is 11.3. The van der Waals surface area contributed by atoms with E-state index in [2.05, 4.69) is 61.2 Å². The molecule has 18 heavy (non-hydrogen) atoms. The van der Waals surface area contributed by atoms with Gasteiger partial charge in [0.2, 0.25) is 0 Å². The first-order chi connectivity index (χ1) is 8.72. The van der Waals surface area contributed by atoms with Gasteiger partial charge in [-0.25, -0.2) is 0 Å². The first-order valence-electron chi connectivity index (χ1n) is 6.62. The van der Waals surface area contributed by atoms with Gasteiger partial charge in [0.05, 0.1) is 0 Å². The molecule has 0 atom stereocenters. The fourth-order valence-electron chi connectivity index (χ4n) is 2.85. The number of benzene rings is 2. The van der Waals surface area contributed by atoms with Gasteiger partial charge in [0.25, 0.3) is 0 Å². The molecule has 1 nitrogen and oxygen atoms in total. The second-order valence-electron chi connectivity index (χ2n) is 5.29. The summed E-state index contributed by atoms with van der Waals surface area (Å²) < 4.78 is 0. The van der Waals surface area contributed by atoms with E-state index >= 15 is 0 Å². The molecule has 1 heteroatoms. The van der Waals surface area contributed by atoms with E-state index in [0.717, 1.165) is 19.5 Å². The van der Waals surface area contributed by atoms with Crippen molar-refractivity contribution in [2.75, 3.05) is 11.4 Å². The normalized spacial score (nSPS) is 14.4. The van der Waals surface area contributed by atoms with Crippen molar-refractivity contribution in [3.8, 4) is 0 Å². The summed E-state index contributed by atoms with van der Waals surface area (Å²) in [6, 6.07) is 15.6. The van der Waals surface area contributed by atoms with Crippen molar-refractivity contribution >= 4 is 5.69 Å². The van der Waals surface area contributed by atoms with E-state index in [4.69, 9.17) is 0 Å². The van der Waals surface area contributed by atoms with Crippen LogP contribution < -0.4 is 4.90 Å². The van der Waals surface area contributed by atoms with Crippen LogP contribution in [0.25, 0.3) is 0 Å². The van der Waals surface area contributed by atoms with Crippen molar-refractivity contribution in [3.63, 3.8) is 0 Å². The van der Waals surface area contributed by atoms with E-state index in [1.165, 1.54) is 27.9 Å².